The van der Waals surface area contributed by atoms with Gasteiger partial charge < -0.3 is 19.2 Å². The third-order valence-corrected chi connectivity index (χ3v) is 4.20. The van der Waals surface area contributed by atoms with Gasteiger partial charge in [0.15, 0.2) is 5.89 Å². The van der Waals surface area contributed by atoms with Crippen LogP contribution in [0.4, 0.5) is 0 Å². The Hall–Kier alpha value is -1.89. The number of ether oxygens (including phenoxy) is 1. The molecule has 0 saturated carbocycles. The third kappa shape index (κ3) is 3.14. The monoisotopic (exact) mass is 310 g/mol. The van der Waals surface area contributed by atoms with E-state index >= 15 is 0 Å². The molecular formula is C15H22N2O5. The van der Waals surface area contributed by atoms with Gasteiger partial charge in [0.1, 0.15) is 0 Å². The second-order valence-electron chi connectivity index (χ2n) is 5.81. The Morgan fingerprint density at radius 3 is 2.73 bits per heavy atom. The molecule has 1 aliphatic heterocycles. The highest BCUT2D eigenvalue weighted by atomic mass is 16.5. The van der Waals surface area contributed by atoms with Crippen molar-refractivity contribution in [1.29, 1.82) is 0 Å². The van der Waals surface area contributed by atoms with Gasteiger partial charge in [-0.3, -0.25) is 9.59 Å². The summed E-state index contributed by atoms with van der Waals surface area (Å²) in [5.41, 5.74) is -0.418. The predicted molar refractivity (Wildman–Crippen MR) is 77.7 cm³/mol. The molecule has 1 saturated heterocycles. The van der Waals surface area contributed by atoms with Crippen LogP contribution >= 0.6 is 0 Å². The van der Waals surface area contributed by atoms with Crippen LogP contribution in [0.15, 0.2) is 4.42 Å². The van der Waals surface area contributed by atoms with E-state index in [-0.39, 0.29) is 18.2 Å². The summed E-state index contributed by atoms with van der Waals surface area (Å²) in [6.45, 7) is 4.45. The predicted octanol–water partition coefficient (Wildman–Crippen LogP) is 1.63. The number of hydrogen-bond donors (Lipinski definition) is 1. The first-order valence-electron chi connectivity index (χ1n) is 7.35. The van der Waals surface area contributed by atoms with Gasteiger partial charge in [-0.05, 0) is 26.2 Å². The number of nitrogens with zero attached hydrogens (tertiary/aromatic N) is 2. The topological polar surface area (TPSA) is 92.9 Å². The normalized spacial score (nSPS) is 21.9. The van der Waals surface area contributed by atoms with E-state index in [0.29, 0.717) is 44.0 Å². The molecular weight excluding hydrogens is 288 g/mol. The van der Waals surface area contributed by atoms with Gasteiger partial charge in [-0.25, -0.2) is 4.98 Å². The minimum absolute atomic E-state index is 0.170. The van der Waals surface area contributed by atoms with Gasteiger partial charge in [-0.2, -0.15) is 0 Å². The molecule has 2 heterocycles. The largest absolute Gasteiger partial charge is 0.481 e. The van der Waals surface area contributed by atoms with E-state index in [1.807, 2.05) is 0 Å². The Bertz CT molecular complexity index is 568. The summed E-state index contributed by atoms with van der Waals surface area (Å²) in [6.07, 6.45) is 1.58. The SMILES string of the molecule is COCC[C@]1(C(=O)O)CCCN(C(=O)c2oc(C)nc2C)C1. The quantitative estimate of drug-likeness (QED) is 0.888. The van der Waals surface area contributed by atoms with E-state index in [2.05, 4.69) is 4.98 Å². The maximum atomic E-state index is 12.6. The number of amides is 1. The molecule has 7 nitrogen and oxygen atoms in total. The molecule has 0 aliphatic carbocycles. The molecule has 1 fully saturated rings. The lowest BCUT2D eigenvalue weighted by Gasteiger charge is -2.39. The summed E-state index contributed by atoms with van der Waals surface area (Å²) < 4.78 is 10.4. The van der Waals surface area contributed by atoms with Crippen molar-refractivity contribution in [1.82, 2.24) is 9.88 Å². The molecule has 1 atom stereocenters. The van der Waals surface area contributed by atoms with Crippen LogP contribution in [0.1, 0.15) is 41.4 Å². The fraction of sp³-hybridized carbons (Fsp3) is 0.667. The number of aliphatic carboxylic acids is 1. The zero-order chi connectivity index (χ0) is 16.3. The maximum Gasteiger partial charge on any atom is 0.311 e. The molecule has 22 heavy (non-hydrogen) atoms. The molecule has 122 valence electrons. The summed E-state index contributed by atoms with van der Waals surface area (Å²) >= 11 is 0. The molecule has 0 spiro atoms. The van der Waals surface area contributed by atoms with Crippen molar-refractivity contribution >= 4 is 11.9 Å². The lowest BCUT2D eigenvalue weighted by Crippen LogP contribution is -2.50. The van der Waals surface area contributed by atoms with Crippen molar-refractivity contribution in [2.24, 2.45) is 5.41 Å². The average Bonchev–Trinajstić information content (AvgIpc) is 2.83. The number of methoxy groups -OCH3 is 1. The van der Waals surface area contributed by atoms with Crippen LogP contribution < -0.4 is 0 Å². The lowest BCUT2D eigenvalue weighted by atomic mass is 9.77. The molecule has 1 aliphatic rings. The Balaban J connectivity index is 2.20. The summed E-state index contributed by atoms with van der Waals surface area (Å²) in [5, 5.41) is 9.61. The number of oxazole rings is 1. The van der Waals surface area contributed by atoms with Gasteiger partial charge in [-0.1, -0.05) is 0 Å². The summed E-state index contributed by atoms with van der Waals surface area (Å²) in [4.78, 5) is 30.0. The van der Waals surface area contributed by atoms with Gasteiger partial charge in [-0.15, -0.1) is 0 Å². The Kier molecular flexibility index (Phi) is 4.85. The van der Waals surface area contributed by atoms with Gasteiger partial charge >= 0.3 is 5.97 Å². The summed E-state index contributed by atoms with van der Waals surface area (Å²) in [7, 11) is 1.54. The molecule has 1 aromatic rings. The zero-order valence-corrected chi connectivity index (χ0v) is 13.2. The van der Waals surface area contributed by atoms with E-state index in [1.165, 1.54) is 0 Å². The highest BCUT2D eigenvalue weighted by Gasteiger charge is 2.44. The van der Waals surface area contributed by atoms with Crippen molar-refractivity contribution in [3.63, 3.8) is 0 Å². The van der Waals surface area contributed by atoms with E-state index in [1.54, 1.807) is 25.9 Å². The first-order valence-corrected chi connectivity index (χ1v) is 7.35. The van der Waals surface area contributed by atoms with Crippen molar-refractivity contribution in [2.75, 3.05) is 26.8 Å². The first kappa shape index (κ1) is 16.5. The van der Waals surface area contributed by atoms with Crippen LogP contribution in [0.5, 0.6) is 0 Å². The molecule has 0 radical (unpaired) electrons. The van der Waals surface area contributed by atoms with Crippen molar-refractivity contribution in [3.8, 4) is 0 Å². The number of aryl methyl sites for hydroxylation is 2. The number of hydrogen-bond acceptors (Lipinski definition) is 5. The van der Waals surface area contributed by atoms with E-state index < -0.39 is 11.4 Å². The molecule has 0 bridgehead atoms. The van der Waals surface area contributed by atoms with Gasteiger partial charge in [0, 0.05) is 33.7 Å². The lowest BCUT2D eigenvalue weighted by molar-refractivity contribution is -0.153. The van der Waals surface area contributed by atoms with Crippen LogP contribution in [0, 0.1) is 19.3 Å². The molecule has 1 amide bonds. The average molecular weight is 310 g/mol. The van der Waals surface area contributed by atoms with Crippen LogP contribution in [0.25, 0.3) is 0 Å². The maximum absolute atomic E-state index is 12.6. The fourth-order valence-electron chi connectivity index (χ4n) is 2.96. The number of carboxylic acids is 1. The molecule has 1 N–H and O–H groups in total. The smallest absolute Gasteiger partial charge is 0.311 e. The fourth-order valence-corrected chi connectivity index (χ4v) is 2.96. The third-order valence-electron chi connectivity index (χ3n) is 4.20. The molecule has 0 aromatic carbocycles. The van der Waals surface area contributed by atoms with Crippen LogP contribution in [0.3, 0.4) is 0 Å². The Labute approximate surface area is 129 Å². The second-order valence-corrected chi connectivity index (χ2v) is 5.81. The van der Waals surface area contributed by atoms with Crippen molar-refractivity contribution in [2.45, 2.75) is 33.1 Å². The molecule has 1 aromatic heterocycles. The number of carbonyl (C=O) groups excluding carboxylic acids is 1. The standard InChI is InChI=1S/C15H22N2O5/c1-10-12(22-11(2)16-10)13(18)17-7-4-5-15(9-17,14(19)20)6-8-21-3/h4-9H2,1-3H3,(H,19,20)/t15-/m1/s1. The number of piperidine rings is 1. The van der Waals surface area contributed by atoms with E-state index in [9.17, 15) is 14.7 Å². The number of rotatable bonds is 5. The number of likely N-dealkylation sites (tertiary alicyclic amines) is 1. The second kappa shape index (κ2) is 6.48. The number of aromatic nitrogens is 1. The highest BCUT2D eigenvalue weighted by Crippen LogP contribution is 2.34. The molecule has 0 unspecified atom stereocenters. The number of carboxylic acid groups (broad SMARTS) is 1. The Morgan fingerprint density at radius 1 is 1.45 bits per heavy atom. The molecule has 2 rings (SSSR count). The van der Waals surface area contributed by atoms with E-state index in [4.69, 9.17) is 9.15 Å². The molecule has 7 heteroatoms. The first-order chi connectivity index (χ1) is 10.4. The minimum atomic E-state index is -0.951. The van der Waals surface area contributed by atoms with Crippen molar-refractivity contribution in [3.05, 3.63) is 17.3 Å². The van der Waals surface area contributed by atoms with Crippen LogP contribution in [0.2, 0.25) is 0 Å². The Morgan fingerprint density at radius 2 is 2.18 bits per heavy atom. The van der Waals surface area contributed by atoms with Crippen LogP contribution in [-0.2, 0) is 9.53 Å². The van der Waals surface area contributed by atoms with Crippen molar-refractivity contribution < 1.29 is 23.8 Å². The van der Waals surface area contributed by atoms with Gasteiger partial charge in [0.05, 0.1) is 11.1 Å². The minimum Gasteiger partial charge on any atom is -0.481 e. The summed E-state index contributed by atoms with van der Waals surface area (Å²) in [5.74, 6) is -0.541. The van der Waals surface area contributed by atoms with Gasteiger partial charge in [0.2, 0.25) is 5.76 Å². The van der Waals surface area contributed by atoms with E-state index in [0.717, 1.165) is 0 Å². The summed E-state index contributed by atoms with van der Waals surface area (Å²) in [6, 6.07) is 0. The zero-order valence-electron chi connectivity index (χ0n) is 13.2. The van der Waals surface area contributed by atoms with Crippen LogP contribution in [-0.4, -0.2) is 53.7 Å². The highest BCUT2D eigenvalue weighted by molar-refractivity contribution is 5.93. The number of carbonyl (C=O) groups is 2. The van der Waals surface area contributed by atoms with Gasteiger partial charge in [0.25, 0.3) is 5.91 Å².